The third-order valence-corrected chi connectivity index (χ3v) is 4.72. The molecule has 0 bridgehead atoms. The number of rotatable bonds is 0. The van der Waals surface area contributed by atoms with Crippen LogP contribution in [0.15, 0.2) is 18.2 Å². The molecule has 90 valence electrons. The predicted octanol–water partition coefficient (Wildman–Crippen LogP) is 3.18. The Morgan fingerprint density at radius 2 is 2.06 bits per heavy atom. The normalized spacial score (nSPS) is 30.2. The number of fused-ring (bicyclic) bond motifs is 2. The molecule has 0 saturated heterocycles. The van der Waals surface area contributed by atoms with Crippen molar-refractivity contribution in [2.75, 3.05) is 16.8 Å². The van der Waals surface area contributed by atoms with Crippen LogP contribution in [0.1, 0.15) is 37.7 Å². The number of nitrogens with one attached hydrogen (secondary N) is 1. The first kappa shape index (κ1) is 9.81. The van der Waals surface area contributed by atoms with Crippen LogP contribution < -0.4 is 10.2 Å². The van der Waals surface area contributed by atoms with Gasteiger partial charge in [-0.1, -0.05) is 25.0 Å². The van der Waals surface area contributed by atoms with E-state index >= 15 is 0 Å². The van der Waals surface area contributed by atoms with Crippen molar-refractivity contribution in [2.24, 2.45) is 0 Å². The Morgan fingerprint density at radius 1 is 1.12 bits per heavy atom. The van der Waals surface area contributed by atoms with Crippen LogP contribution >= 0.6 is 0 Å². The summed E-state index contributed by atoms with van der Waals surface area (Å²) in [7, 11) is 0. The second-order valence-corrected chi connectivity index (χ2v) is 5.71. The largest absolute Gasteiger partial charge is 0.379 e. The van der Waals surface area contributed by atoms with E-state index in [2.05, 4.69) is 28.4 Å². The molecule has 1 aromatic rings. The van der Waals surface area contributed by atoms with E-state index in [0.717, 1.165) is 6.04 Å². The summed E-state index contributed by atoms with van der Waals surface area (Å²) < 4.78 is 0. The van der Waals surface area contributed by atoms with E-state index < -0.39 is 0 Å². The lowest BCUT2D eigenvalue weighted by molar-refractivity contribution is 0.367. The van der Waals surface area contributed by atoms with Crippen LogP contribution in [0.3, 0.4) is 0 Å². The highest BCUT2D eigenvalue weighted by Gasteiger charge is 2.37. The summed E-state index contributed by atoms with van der Waals surface area (Å²) in [5.74, 6) is 0. The minimum atomic E-state index is 0.699. The van der Waals surface area contributed by atoms with Gasteiger partial charge < -0.3 is 10.2 Å². The Morgan fingerprint density at radius 3 is 3.06 bits per heavy atom. The van der Waals surface area contributed by atoms with Gasteiger partial charge in [0.05, 0.1) is 11.4 Å². The summed E-state index contributed by atoms with van der Waals surface area (Å²) in [6, 6.07) is 8.26. The van der Waals surface area contributed by atoms with Gasteiger partial charge in [0.25, 0.3) is 0 Å². The van der Waals surface area contributed by atoms with Crippen molar-refractivity contribution in [3.8, 4) is 0 Å². The van der Waals surface area contributed by atoms with Crippen molar-refractivity contribution < 1.29 is 0 Å². The van der Waals surface area contributed by atoms with Crippen molar-refractivity contribution in [2.45, 2.75) is 50.6 Å². The zero-order valence-corrected chi connectivity index (χ0v) is 10.3. The smallest absolute Gasteiger partial charge is 0.0637 e. The molecule has 17 heavy (non-hydrogen) atoms. The maximum absolute atomic E-state index is 3.80. The SMILES string of the molecule is c1cc2c3c(c1)NC1CCCCC1N3CCC2. The minimum absolute atomic E-state index is 0.699. The second kappa shape index (κ2) is 3.66. The quantitative estimate of drug-likeness (QED) is 0.733. The number of aryl methyl sites for hydroxylation is 1. The number of nitrogens with zero attached hydrogens (tertiary/aromatic N) is 1. The number of hydrogen-bond acceptors (Lipinski definition) is 2. The number of anilines is 2. The first-order chi connectivity index (χ1) is 8.43. The third-order valence-electron chi connectivity index (χ3n) is 4.72. The molecular formula is C15H20N2. The van der Waals surface area contributed by atoms with Gasteiger partial charge in [0, 0.05) is 18.6 Å². The highest BCUT2D eigenvalue weighted by Crippen LogP contribution is 2.43. The molecule has 2 aliphatic heterocycles. The summed E-state index contributed by atoms with van der Waals surface area (Å²) in [6.45, 7) is 1.27. The van der Waals surface area contributed by atoms with E-state index in [9.17, 15) is 0 Å². The Balaban J connectivity index is 1.83. The lowest BCUT2D eigenvalue weighted by Gasteiger charge is -2.49. The van der Waals surface area contributed by atoms with Crippen molar-refractivity contribution >= 4 is 11.4 Å². The molecule has 0 aromatic heterocycles. The van der Waals surface area contributed by atoms with Gasteiger partial charge in [0.15, 0.2) is 0 Å². The second-order valence-electron chi connectivity index (χ2n) is 5.71. The highest BCUT2D eigenvalue weighted by molar-refractivity contribution is 5.77. The van der Waals surface area contributed by atoms with E-state index in [-0.39, 0.29) is 0 Å². The standard InChI is InChI=1S/C15H20N2/c1-2-9-14-12(7-1)16-13-8-3-5-11-6-4-10-17(14)15(11)13/h3,5,8,12,14,16H,1-2,4,6-7,9-10H2. The van der Waals surface area contributed by atoms with Gasteiger partial charge in [-0.2, -0.15) is 0 Å². The maximum atomic E-state index is 3.80. The summed E-state index contributed by atoms with van der Waals surface area (Å²) >= 11 is 0. The van der Waals surface area contributed by atoms with E-state index in [4.69, 9.17) is 0 Å². The molecule has 1 aromatic carbocycles. The zero-order chi connectivity index (χ0) is 11.2. The van der Waals surface area contributed by atoms with Gasteiger partial charge in [-0.05, 0) is 37.3 Å². The summed E-state index contributed by atoms with van der Waals surface area (Å²) in [5, 5.41) is 3.80. The molecule has 3 aliphatic rings. The maximum Gasteiger partial charge on any atom is 0.0637 e. The van der Waals surface area contributed by atoms with Crippen molar-refractivity contribution in [1.29, 1.82) is 0 Å². The highest BCUT2D eigenvalue weighted by atomic mass is 15.2. The fraction of sp³-hybridized carbons (Fsp3) is 0.600. The monoisotopic (exact) mass is 228 g/mol. The molecule has 1 fully saturated rings. The summed E-state index contributed by atoms with van der Waals surface area (Å²) in [5.41, 5.74) is 4.48. The molecule has 0 radical (unpaired) electrons. The lowest BCUT2D eigenvalue weighted by Crippen LogP contribution is -2.54. The molecule has 1 saturated carbocycles. The molecule has 2 nitrogen and oxygen atoms in total. The first-order valence-electron chi connectivity index (χ1n) is 7.08. The Labute approximate surface area is 103 Å². The average Bonchev–Trinajstić information content (AvgIpc) is 2.39. The fourth-order valence-corrected chi connectivity index (χ4v) is 3.98. The molecule has 2 atom stereocenters. The van der Waals surface area contributed by atoms with E-state index in [1.54, 1.807) is 5.56 Å². The Kier molecular flexibility index (Phi) is 2.11. The molecule has 2 unspecified atom stereocenters. The molecular weight excluding hydrogens is 208 g/mol. The van der Waals surface area contributed by atoms with Gasteiger partial charge in [-0.25, -0.2) is 0 Å². The Hall–Kier alpha value is -1.18. The average molecular weight is 228 g/mol. The van der Waals surface area contributed by atoms with Gasteiger partial charge in [0.1, 0.15) is 0 Å². The molecule has 4 rings (SSSR count). The van der Waals surface area contributed by atoms with Gasteiger partial charge in [0.2, 0.25) is 0 Å². The van der Waals surface area contributed by atoms with Crippen LogP contribution in [-0.2, 0) is 6.42 Å². The zero-order valence-electron chi connectivity index (χ0n) is 10.3. The minimum Gasteiger partial charge on any atom is -0.379 e. The van der Waals surface area contributed by atoms with E-state index in [1.807, 2.05) is 0 Å². The van der Waals surface area contributed by atoms with Gasteiger partial charge in [-0.3, -0.25) is 0 Å². The van der Waals surface area contributed by atoms with Crippen LogP contribution in [0.25, 0.3) is 0 Å². The van der Waals surface area contributed by atoms with Crippen molar-refractivity contribution in [3.05, 3.63) is 23.8 Å². The summed E-state index contributed by atoms with van der Waals surface area (Å²) in [4.78, 5) is 2.72. The molecule has 0 amide bonds. The van der Waals surface area contributed by atoms with Crippen LogP contribution in [0.5, 0.6) is 0 Å². The van der Waals surface area contributed by atoms with Gasteiger partial charge >= 0.3 is 0 Å². The van der Waals surface area contributed by atoms with Crippen molar-refractivity contribution in [3.63, 3.8) is 0 Å². The first-order valence-corrected chi connectivity index (χ1v) is 7.08. The molecule has 1 aliphatic carbocycles. The van der Waals surface area contributed by atoms with E-state index in [1.165, 1.54) is 56.4 Å². The lowest BCUT2D eigenvalue weighted by atomic mass is 9.84. The third kappa shape index (κ3) is 1.39. The van der Waals surface area contributed by atoms with E-state index in [0.29, 0.717) is 6.04 Å². The van der Waals surface area contributed by atoms with Crippen LogP contribution in [0.2, 0.25) is 0 Å². The fourth-order valence-electron chi connectivity index (χ4n) is 3.98. The van der Waals surface area contributed by atoms with Crippen molar-refractivity contribution in [1.82, 2.24) is 0 Å². The molecule has 0 spiro atoms. The topological polar surface area (TPSA) is 15.3 Å². The molecule has 2 heteroatoms. The predicted molar refractivity (Wildman–Crippen MR) is 71.8 cm³/mol. The number of benzene rings is 1. The van der Waals surface area contributed by atoms with Crippen LogP contribution in [0.4, 0.5) is 11.4 Å². The number of hydrogen-bond donors (Lipinski definition) is 1. The van der Waals surface area contributed by atoms with Crippen LogP contribution in [-0.4, -0.2) is 18.6 Å². The number of para-hydroxylation sites is 1. The molecule has 2 heterocycles. The van der Waals surface area contributed by atoms with Crippen LogP contribution in [0, 0.1) is 0 Å². The summed E-state index contributed by atoms with van der Waals surface area (Å²) in [6.07, 6.45) is 8.14. The Bertz CT molecular complexity index is 441. The molecule has 1 N–H and O–H groups in total. The van der Waals surface area contributed by atoms with Gasteiger partial charge in [-0.15, -0.1) is 0 Å².